The van der Waals surface area contributed by atoms with Gasteiger partial charge < -0.3 is 4.43 Å². The number of rotatable bonds is 5. The van der Waals surface area contributed by atoms with Crippen molar-refractivity contribution in [2.24, 2.45) is 5.92 Å². The lowest BCUT2D eigenvalue weighted by atomic mass is 9.91. The highest BCUT2D eigenvalue weighted by molar-refractivity contribution is 6.70. The molecule has 1 rings (SSSR count). The first-order valence-electron chi connectivity index (χ1n) is 6.95. The molecule has 0 fully saturated rings. The van der Waals surface area contributed by atoms with Crippen molar-refractivity contribution in [1.82, 2.24) is 0 Å². The lowest BCUT2D eigenvalue weighted by Crippen LogP contribution is -2.24. The molecule has 2 heteroatoms. The molecule has 0 amide bonds. The van der Waals surface area contributed by atoms with Crippen LogP contribution >= 0.6 is 0 Å². The second-order valence-electron chi connectivity index (χ2n) is 6.01. The Kier molecular flexibility index (Phi) is 5.05. The molecule has 0 radical (unpaired) electrons. The summed E-state index contributed by atoms with van der Waals surface area (Å²) in [5, 5.41) is 0. The molecule has 0 aliphatic heterocycles. The Morgan fingerprint density at radius 3 is 2.41 bits per heavy atom. The highest BCUT2D eigenvalue weighted by Gasteiger charge is 2.24. The molecule has 0 spiro atoms. The molecular weight excluding hydrogens is 224 g/mol. The predicted molar refractivity (Wildman–Crippen MR) is 78.5 cm³/mol. The number of hydrogen-bond donors (Lipinski definition) is 0. The van der Waals surface area contributed by atoms with Crippen molar-refractivity contribution >= 4 is 8.32 Å². The van der Waals surface area contributed by atoms with Crippen molar-refractivity contribution in [3.05, 3.63) is 23.0 Å². The summed E-state index contributed by atoms with van der Waals surface area (Å²) in [6.45, 7) is 13.6. The third-order valence-corrected chi connectivity index (χ3v) is 4.31. The van der Waals surface area contributed by atoms with Gasteiger partial charge in [-0.15, -0.1) is 0 Å². The summed E-state index contributed by atoms with van der Waals surface area (Å²) in [6, 6.07) is 0. The largest absolute Gasteiger partial charge is 0.548 e. The summed E-state index contributed by atoms with van der Waals surface area (Å²) >= 11 is 0. The number of allylic oxidation sites excluding steroid dienone is 4. The molecule has 17 heavy (non-hydrogen) atoms. The third-order valence-electron chi connectivity index (χ3n) is 3.43. The van der Waals surface area contributed by atoms with Gasteiger partial charge in [-0.05, 0) is 51.9 Å². The lowest BCUT2D eigenvalue weighted by molar-refractivity contribution is 0.407. The van der Waals surface area contributed by atoms with Gasteiger partial charge in [-0.25, -0.2) is 0 Å². The first-order valence-corrected chi connectivity index (χ1v) is 10.4. The average Bonchev–Trinajstić information content (AvgIpc) is 2.64. The first kappa shape index (κ1) is 14.6. The zero-order chi connectivity index (χ0) is 13.1. The lowest BCUT2D eigenvalue weighted by Gasteiger charge is -2.19. The molecule has 98 valence electrons. The maximum atomic E-state index is 6.11. The minimum atomic E-state index is -1.42. The molecule has 0 saturated carbocycles. The Labute approximate surface area is 108 Å². The molecular formula is C15H28OSi. The van der Waals surface area contributed by atoms with Crippen LogP contribution in [0.15, 0.2) is 23.0 Å². The number of hydrogen-bond acceptors (Lipinski definition) is 1. The molecule has 0 unspecified atom stereocenters. The predicted octanol–water partition coefficient (Wildman–Crippen LogP) is 5.27. The molecule has 0 heterocycles. The van der Waals surface area contributed by atoms with Crippen LogP contribution in [0.4, 0.5) is 0 Å². The van der Waals surface area contributed by atoms with Crippen molar-refractivity contribution in [3.63, 3.8) is 0 Å². The van der Waals surface area contributed by atoms with E-state index < -0.39 is 8.32 Å². The van der Waals surface area contributed by atoms with Crippen LogP contribution in [0.3, 0.4) is 0 Å². The van der Waals surface area contributed by atoms with Gasteiger partial charge >= 0.3 is 0 Å². The summed E-state index contributed by atoms with van der Waals surface area (Å²) < 4.78 is 6.11. The molecule has 0 saturated heterocycles. The van der Waals surface area contributed by atoms with Crippen LogP contribution in [0.5, 0.6) is 0 Å². The zero-order valence-corrected chi connectivity index (χ0v) is 13.4. The van der Waals surface area contributed by atoms with Gasteiger partial charge in [0.25, 0.3) is 0 Å². The summed E-state index contributed by atoms with van der Waals surface area (Å²) in [4.78, 5) is 0. The summed E-state index contributed by atoms with van der Waals surface area (Å²) in [7, 11) is -1.42. The first-order chi connectivity index (χ1) is 7.87. The Morgan fingerprint density at radius 2 is 1.94 bits per heavy atom. The topological polar surface area (TPSA) is 9.23 Å². The molecule has 1 aliphatic rings. The third kappa shape index (κ3) is 4.34. The van der Waals surface area contributed by atoms with E-state index in [1.54, 1.807) is 11.1 Å². The monoisotopic (exact) mass is 252 g/mol. The Balaban J connectivity index is 2.77. The van der Waals surface area contributed by atoms with E-state index in [0.717, 1.165) is 6.42 Å². The van der Waals surface area contributed by atoms with Crippen LogP contribution < -0.4 is 0 Å². The van der Waals surface area contributed by atoms with Gasteiger partial charge in [0, 0.05) is 12.3 Å². The van der Waals surface area contributed by atoms with E-state index >= 15 is 0 Å². The van der Waals surface area contributed by atoms with Crippen LogP contribution in [0, 0.1) is 5.92 Å². The summed E-state index contributed by atoms with van der Waals surface area (Å²) in [6.07, 6.45) is 7.13. The normalized spacial score (nSPS) is 22.2. The van der Waals surface area contributed by atoms with E-state index in [0.29, 0.717) is 5.92 Å². The molecule has 1 aliphatic carbocycles. The quantitative estimate of drug-likeness (QED) is 0.478. The minimum absolute atomic E-state index is 0.645. The fourth-order valence-electron chi connectivity index (χ4n) is 2.55. The minimum Gasteiger partial charge on any atom is -0.548 e. The van der Waals surface area contributed by atoms with Crippen LogP contribution in [-0.2, 0) is 4.43 Å². The molecule has 1 atom stereocenters. The fourth-order valence-corrected chi connectivity index (χ4v) is 3.51. The summed E-state index contributed by atoms with van der Waals surface area (Å²) in [5.41, 5.74) is 3.21. The van der Waals surface area contributed by atoms with E-state index in [1.165, 1.54) is 25.0 Å². The average molecular weight is 252 g/mol. The standard InChI is InChI=1S/C15H28OSi/c1-7-12(3)15(8-2)13-9-10-14(11-13)16-17(4,5)6/h11,13H,7-10H2,1-6H3/b15-12+/t13-/m1/s1. The van der Waals surface area contributed by atoms with Crippen molar-refractivity contribution < 1.29 is 4.43 Å². The maximum Gasteiger partial charge on any atom is 0.241 e. The molecule has 0 aromatic heterocycles. The highest BCUT2D eigenvalue weighted by Crippen LogP contribution is 2.35. The van der Waals surface area contributed by atoms with E-state index in [2.05, 4.69) is 46.5 Å². The highest BCUT2D eigenvalue weighted by atomic mass is 28.4. The molecule has 0 N–H and O–H groups in total. The van der Waals surface area contributed by atoms with Gasteiger partial charge in [-0.2, -0.15) is 0 Å². The SMILES string of the molecule is CC/C(C)=C(\CC)[C@H]1C=C(O[Si](C)(C)C)CC1. The van der Waals surface area contributed by atoms with Crippen LogP contribution in [0.1, 0.15) is 46.5 Å². The van der Waals surface area contributed by atoms with E-state index in [-0.39, 0.29) is 0 Å². The molecule has 0 aromatic rings. The zero-order valence-electron chi connectivity index (χ0n) is 12.4. The van der Waals surface area contributed by atoms with Crippen molar-refractivity contribution in [1.29, 1.82) is 0 Å². The van der Waals surface area contributed by atoms with Gasteiger partial charge in [-0.3, -0.25) is 0 Å². The smallest absolute Gasteiger partial charge is 0.241 e. The van der Waals surface area contributed by atoms with E-state index in [9.17, 15) is 0 Å². The van der Waals surface area contributed by atoms with Crippen LogP contribution in [0.25, 0.3) is 0 Å². The van der Waals surface area contributed by atoms with E-state index in [1.807, 2.05) is 0 Å². The second kappa shape index (κ2) is 5.90. The molecule has 1 nitrogen and oxygen atoms in total. The van der Waals surface area contributed by atoms with Crippen molar-refractivity contribution in [2.75, 3.05) is 0 Å². The van der Waals surface area contributed by atoms with Gasteiger partial charge in [0.2, 0.25) is 8.32 Å². The summed E-state index contributed by atoms with van der Waals surface area (Å²) in [5.74, 6) is 1.90. The van der Waals surface area contributed by atoms with Crippen molar-refractivity contribution in [3.8, 4) is 0 Å². The van der Waals surface area contributed by atoms with Crippen LogP contribution in [0.2, 0.25) is 19.6 Å². The Hall–Kier alpha value is -0.503. The van der Waals surface area contributed by atoms with E-state index in [4.69, 9.17) is 4.43 Å². The molecule has 0 aromatic carbocycles. The van der Waals surface area contributed by atoms with Gasteiger partial charge in [-0.1, -0.05) is 25.0 Å². The Morgan fingerprint density at radius 1 is 1.29 bits per heavy atom. The maximum absolute atomic E-state index is 6.11. The van der Waals surface area contributed by atoms with Gasteiger partial charge in [0.1, 0.15) is 0 Å². The fraction of sp³-hybridized carbons (Fsp3) is 0.733. The van der Waals surface area contributed by atoms with Gasteiger partial charge in [0.05, 0.1) is 5.76 Å². The van der Waals surface area contributed by atoms with Crippen LogP contribution in [-0.4, -0.2) is 8.32 Å². The second-order valence-corrected chi connectivity index (χ2v) is 10.4. The van der Waals surface area contributed by atoms with Gasteiger partial charge in [0.15, 0.2) is 0 Å². The molecule has 0 bridgehead atoms. The Bertz CT molecular complexity index is 320. The van der Waals surface area contributed by atoms with Crippen molar-refractivity contribution in [2.45, 2.75) is 66.1 Å².